The van der Waals surface area contributed by atoms with Gasteiger partial charge in [-0.25, -0.2) is 0 Å². The number of rotatable bonds is 7. The number of nitrogens with one attached hydrogen (secondary N) is 2. The summed E-state index contributed by atoms with van der Waals surface area (Å²) in [5, 5.41) is 13.6. The molecule has 1 aromatic rings. The van der Waals surface area contributed by atoms with Crippen molar-refractivity contribution < 1.29 is 9.72 Å². The summed E-state index contributed by atoms with van der Waals surface area (Å²) in [6, 6.07) is 3.93. The summed E-state index contributed by atoms with van der Waals surface area (Å²) in [4.78, 5) is 22.5. The molecule has 0 bridgehead atoms. The Bertz CT molecular complexity index is 517. The largest absolute Gasteiger partial charge is 0.350 e. The number of nitro groups is 1. The summed E-state index contributed by atoms with van der Waals surface area (Å²) in [5.74, 6) is 5.53. The summed E-state index contributed by atoms with van der Waals surface area (Å²) in [6.45, 7) is 6.14. The summed E-state index contributed by atoms with van der Waals surface area (Å²) >= 11 is 0. The second-order valence-electron chi connectivity index (χ2n) is 5.48. The summed E-state index contributed by atoms with van der Waals surface area (Å²) in [7, 11) is 0. The Labute approximate surface area is 124 Å². The van der Waals surface area contributed by atoms with Crippen LogP contribution in [-0.4, -0.2) is 16.9 Å². The highest BCUT2D eigenvalue weighted by Gasteiger charge is 2.18. The molecular formula is C14H22N4O3. The van der Waals surface area contributed by atoms with Crippen LogP contribution in [0.3, 0.4) is 0 Å². The lowest BCUT2D eigenvalue weighted by atomic mass is 10.0. The minimum atomic E-state index is -0.542. The van der Waals surface area contributed by atoms with Crippen molar-refractivity contribution in [3.8, 4) is 0 Å². The number of hydrogen-bond acceptors (Lipinski definition) is 5. The van der Waals surface area contributed by atoms with E-state index in [2.05, 4.69) is 24.6 Å². The highest BCUT2D eigenvalue weighted by Crippen LogP contribution is 2.21. The molecule has 0 saturated carbocycles. The van der Waals surface area contributed by atoms with Crippen molar-refractivity contribution in [2.24, 2.45) is 11.8 Å². The molecule has 21 heavy (non-hydrogen) atoms. The highest BCUT2D eigenvalue weighted by atomic mass is 16.6. The fourth-order valence-corrected chi connectivity index (χ4v) is 1.92. The second kappa shape index (κ2) is 7.58. The summed E-state index contributed by atoms with van der Waals surface area (Å²) in [6.07, 6.45) is 1.85. The van der Waals surface area contributed by atoms with Crippen LogP contribution in [0.2, 0.25) is 0 Å². The van der Waals surface area contributed by atoms with Gasteiger partial charge in [-0.1, -0.05) is 13.8 Å². The number of anilines is 1. The van der Waals surface area contributed by atoms with Crippen LogP contribution in [0.25, 0.3) is 0 Å². The molecule has 0 fully saturated rings. The van der Waals surface area contributed by atoms with E-state index in [1.54, 1.807) is 0 Å². The van der Waals surface area contributed by atoms with Gasteiger partial charge in [0.05, 0.1) is 16.2 Å². The highest BCUT2D eigenvalue weighted by molar-refractivity contribution is 6.00. The maximum absolute atomic E-state index is 12.2. The van der Waals surface area contributed by atoms with Gasteiger partial charge in [-0.05, 0) is 31.7 Å². The lowest BCUT2D eigenvalue weighted by molar-refractivity contribution is -0.384. The van der Waals surface area contributed by atoms with Crippen molar-refractivity contribution in [2.75, 3.05) is 5.43 Å². The maximum atomic E-state index is 12.2. The molecule has 0 aliphatic heterocycles. The van der Waals surface area contributed by atoms with Gasteiger partial charge in [0.25, 0.3) is 11.6 Å². The van der Waals surface area contributed by atoms with E-state index in [0.29, 0.717) is 11.6 Å². The number of amides is 1. The third kappa shape index (κ3) is 5.03. The number of nitrogens with zero attached hydrogens (tertiary/aromatic N) is 1. The first-order valence-corrected chi connectivity index (χ1v) is 6.91. The first-order valence-electron chi connectivity index (χ1n) is 6.91. The Balaban J connectivity index is 2.85. The molecule has 0 radical (unpaired) electrons. The molecule has 0 aliphatic rings. The van der Waals surface area contributed by atoms with Gasteiger partial charge in [-0.15, -0.1) is 0 Å². The average Bonchev–Trinajstić information content (AvgIpc) is 2.44. The quantitative estimate of drug-likeness (QED) is 0.406. The maximum Gasteiger partial charge on any atom is 0.270 e. The molecule has 1 aromatic carbocycles. The van der Waals surface area contributed by atoms with Crippen molar-refractivity contribution in [1.82, 2.24) is 5.32 Å². The van der Waals surface area contributed by atoms with E-state index in [1.807, 2.05) is 6.92 Å². The number of carbonyl (C=O) groups is 1. The van der Waals surface area contributed by atoms with Gasteiger partial charge in [-0.3, -0.25) is 20.8 Å². The zero-order chi connectivity index (χ0) is 16.0. The summed E-state index contributed by atoms with van der Waals surface area (Å²) in [5.41, 5.74) is 2.76. The van der Waals surface area contributed by atoms with Gasteiger partial charge in [0.2, 0.25) is 0 Å². The minimum Gasteiger partial charge on any atom is -0.350 e. The number of nitrogen functional groups attached to an aromatic ring is 1. The number of carbonyl (C=O) groups excluding carboxylic acids is 1. The lowest BCUT2D eigenvalue weighted by Gasteiger charge is -2.16. The Hall–Kier alpha value is -2.15. The second-order valence-corrected chi connectivity index (χ2v) is 5.48. The lowest BCUT2D eigenvalue weighted by Crippen LogP contribution is -2.33. The van der Waals surface area contributed by atoms with Gasteiger partial charge < -0.3 is 10.7 Å². The van der Waals surface area contributed by atoms with E-state index in [1.165, 1.54) is 18.2 Å². The molecule has 0 spiro atoms. The van der Waals surface area contributed by atoms with Crippen LogP contribution in [-0.2, 0) is 0 Å². The molecule has 0 saturated heterocycles. The van der Waals surface area contributed by atoms with Gasteiger partial charge in [0, 0.05) is 18.2 Å². The van der Waals surface area contributed by atoms with E-state index < -0.39 is 4.92 Å². The van der Waals surface area contributed by atoms with Gasteiger partial charge in [-0.2, -0.15) is 0 Å². The number of nitro benzene ring substituents is 1. The van der Waals surface area contributed by atoms with E-state index in [0.717, 1.165) is 12.8 Å². The number of hydrogen-bond donors (Lipinski definition) is 3. The fourth-order valence-electron chi connectivity index (χ4n) is 1.92. The molecule has 0 heterocycles. The Morgan fingerprint density at radius 3 is 2.52 bits per heavy atom. The summed E-state index contributed by atoms with van der Waals surface area (Å²) < 4.78 is 0. The first-order chi connectivity index (χ1) is 9.85. The van der Waals surface area contributed by atoms with Crippen LogP contribution in [0.5, 0.6) is 0 Å². The molecular weight excluding hydrogens is 272 g/mol. The Morgan fingerprint density at radius 1 is 1.33 bits per heavy atom. The molecule has 1 atom stereocenters. The van der Waals surface area contributed by atoms with E-state index in [-0.39, 0.29) is 23.2 Å². The van der Waals surface area contributed by atoms with E-state index >= 15 is 0 Å². The molecule has 7 heteroatoms. The van der Waals surface area contributed by atoms with Crippen molar-refractivity contribution in [1.29, 1.82) is 0 Å². The molecule has 116 valence electrons. The van der Waals surface area contributed by atoms with Gasteiger partial charge >= 0.3 is 0 Å². The molecule has 7 nitrogen and oxygen atoms in total. The monoisotopic (exact) mass is 294 g/mol. The normalized spacial score (nSPS) is 12.0. The number of benzene rings is 1. The van der Waals surface area contributed by atoms with Crippen LogP contribution in [0.1, 0.15) is 44.0 Å². The topological polar surface area (TPSA) is 110 Å². The zero-order valence-electron chi connectivity index (χ0n) is 12.6. The van der Waals surface area contributed by atoms with Crippen LogP contribution in [0.15, 0.2) is 18.2 Å². The average molecular weight is 294 g/mol. The van der Waals surface area contributed by atoms with Crippen LogP contribution in [0.4, 0.5) is 11.4 Å². The third-order valence-electron chi connectivity index (χ3n) is 3.17. The first kappa shape index (κ1) is 16.9. The van der Waals surface area contributed by atoms with Crippen molar-refractivity contribution >= 4 is 17.3 Å². The molecule has 1 amide bonds. The van der Waals surface area contributed by atoms with Crippen LogP contribution < -0.4 is 16.6 Å². The van der Waals surface area contributed by atoms with E-state index in [9.17, 15) is 14.9 Å². The van der Waals surface area contributed by atoms with Crippen molar-refractivity contribution in [2.45, 2.75) is 39.7 Å². The van der Waals surface area contributed by atoms with E-state index in [4.69, 9.17) is 5.84 Å². The number of hydrazine groups is 1. The number of non-ortho nitro benzene ring substituents is 1. The molecule has 4 N–H and O–H groups in total. The predicted molar refractivity (Wildman–Crippen MR) is 81.9 cm³/mol. The smallest absolute Gasteiger partial charge is 0.270 e. The van der Waals surface area contributed by atoms with Crippen LogP contribution >= 0.6 is 0 Å². The molecule has 1 unspecified atom stereocenters. The Kier molecular flexibility index (Phi) is 6.10. The number of nitrogens with two attached hydrogens (primary N) is 1. The zero-order valence-corrected chi connectivity index (χ0v) is 12.6. The van der Waals surface area contributed by atoms with Gasteiger partial charge in [0.1, 0.15) is 0 Å². The van der Waals surface area contributed by atoms with Gasteiger partial charge in [0.15, 0.2) is 0 Å². The predicted octanol–water partition coefficient (Wildman–Crippen LogP) is 2.43. The van der Waals surface area contributed by atoms with Crippen molar-refractivity contribution in [3.63, 3.8) is 0 Å². The SMILES string of the molecule is CC(C)CCC(C)NC(=O)c1cc([N+](=O)[O-])ccc1NN. The van der Waals surface area contributed by atoms with Crippen molar-refractivity contribution in [3.05, 3.63) is 33.9 Å². The fraction of sp³-hybridized carbons (Fsp3) is 0.500. The Morgan fingerprint density at radius 2 is 2.00 bits per heavy atom. The molecule has 1 rings (SSSR count). The molecule has 0 aromatic heterocycles. The third-order valence-corrected chi connectivity index (χ3v) is 3.17. The standard InChI is InChI=1S/C14H22N4O3/c1-9(2)4-5-10(3)16-14(19)12-8-11(18(20)21)6-7-13(12)17-15/h6-10,17H,4-5,15H2,1-3H3,(H,16,19). The minimum absolute atomic E-state index is 0.00946. The molecule has 0 aliphatic carbocycles. The van der Waals surface area contributed by atoms with Crippen LogP contribution in [0, 0.1) is 16.0 Å².